The summed E-state index contributed by atoms with van der Waals surface area (Å²) < 4.78 is 0. The van der Waals surface area contributed by atoms with E-state index >= 15 is 0 Å². The van der Waals surface area contributed by atoms with Crippen molar-refractivity contribution in [2.45, 2.75) is 38.6 Å². The molecule has 1 heterocycles. The SMILES string of the molecule is CC1(C(=O)O)CCCC1NC(=O)CC1CNC1. The van der Waals surface area contributed by atoms with Crippen LogP contribution in [-0.4, -0.2) is 36.1 Å². The first-order valence-electron chi connectivity index (χ1n) is 6.26. The third kappa shape index (κ3) is 2.44. The number of amides is 1. The minimum absolute atomic E-state index is 0.00382. The van der Waals surface area contributed by atoms with Gasteiger partial charge in [-0.1, -0.05) is 6.42 Å². The fourth-order valence-electron chi connectivity index (χ4n) is 2.66. The summed E-state index contributed by atoms with van der Waals surface area (Å²) in [6, 6.07) is -0.208. The van der Waals surface area contributed by atoms with E-state index in [1.165, 1.54) is 0 Å². The van der Waals surface area contributed by atoms with Crippen molar-refractivity contribution >= 4 is 11.9 Å². The zero-order valence-corrected chi connectivity index (χ0v) is 10.2. The smallest absolute Gasteiger partial charge is 0.311 e. The fraction of sp³-hybridized carbons (Fsp3) is 0.833. The Morgan fingerprint density at radius 2 is 2.18 bits per heavy atom. The Hall–Kier alpha value is -1.10. The first-order valence-corrected chi connectivity index (χ1v) is 6.26. The molecule has 0 aromatic heterocycles. The second-order valence-electron chi connectivity index (χ2n) is 5.46. The maximum atomic E-state index is 11.8. The highest BCUT2D eigenvalue weighted by molar-refractivity contribution is 5.80. The number of carboxylic acid groups (broad SMARTS) is 1. The molecule has 5 nitrogen and oxygen atoms in total. The van der Waals surface area contributed by atoms with Crippen molar-refractivity contribution in [3.05, 3.63) is 0 Å². The predicted octanol–water partition coefficient (Wildman–Crippen LogP) is 0.356. The first-order chi connectivity index (χ1) is 8.02. The number of hydrogen-bond donors (Lipinski definition) is 3. The van der Waals surface area contributed by atoms with E-state index in [4.69, 9.17) is 0 Å². The minimum Gasteiger partial charge on any atom is -0.481 e. The van der Waals surface area contributed by atoms with Gasteiger partial charge in [-0.05, 0) is 38.8 Å². The van der Waals surface area contributed by atoms with Gasteiger partial charge in [0.1, 0.15) is 0 Å². The van der Waals surface area contributed by atoms with E-state index in [1.807, 2.05) is 0 Å². The van der Waals surface area contributed by atoms with E-state index in [0.717, 1.165) is 25.9 Å². The molecule has 96 valence electrons. The van der Waals surface area contributed by atoms with Crippen molar-refractivity contribution in [1.82, 2.24) is 10.6 Å². The number of aliphatic carboxylic acids is 1. The molecule has 0 aromatic carbocycles. The van der Waals surface area contributed by atoms with Gasteiger partial charge in [0.05, 0.1) is 5.41 Å². The predicted molar refractivity (Wildman–Crippen MR) is 62.5 cm³/mol. The Morgan fingerprint density at radius 1 is 1.47 bits per heavy atom. The van der Waals surface area contributed by atoms with E-state index in [2.05, 4.69) is 10.6 Å². The second kappa shape index (κ2) is 4.64. The van der Waals surface area contributed by atoms with Gasteiger partial charge < -0.3 is 15.7 Å². The monoisotopic (exact) mass is 240 g/mol. The summed E-state index contributed by atoms with van der Waals surface area (Å²) >= 11 is 0. The van der Waals surface area contributed by atoms with Gasteiger partial charge >= 0.3 is 5.97 Å². The van der Waals surface area contributed by atoms with Crippen molar-refractivity contribution in [3.8, 4) is 0 Å². The lowest BCUT2D eigenvalue weighted by Crippen LogP contribution is -2.49. The molecule has 2 aliphatic rings. The van der Waals surface area contributed by atoms with Crippen LogP contribution in [0.25, 0.3) is 0 Å². The zero-order chi connectivity index (χ0) is 12.5. The van der Waals surface area contributed by atoms with Crippen LogP contribution in [0.2, 0.25) is 0 Å². The molecule has 1 aliphatic heterocycles. The lowest BCUT2D eigenvalue weighted by atomic mass is 9.84. The molecular formula is C12H20N2O3. The van der Waals surface area contributed by atoms with Crippen molar-refractivity contribution < 1.29 is 14.7 Å². The third-order valence-electron chi connectivity index (χ3n) is 4.12. The second-order valence-corrected chi connectivity index (χ2v) is 5.46. The fourth-order valence-corrected chi connectivity index (χ4v) is 2.66. The summed E-state index contributed by atoms with van der Waals surface area (Å²) in [5.41, 5.74) is -0.784. The minimum atomic E-state index is -0.800. The largest absolute Gasteiger partial charge is 0.481 e. The highest BCUT2D eigenvalue weighted by atomic mass is 16.4. The van der Waals surface area contributed by atoms with Crippen molar-refractivity contribution in [2.75, 3.05) is 13.1 Å². The van der Waals surface area contributed by atoms with Gasteiger partial charge in [0.25, 0.3) is 0 Å². The Bertz CT molecular complexity index is 328. The van der Waals surface area contributed by atoms with Crippen LogP contribution < -0.4 is 10.6 Å². The molecule has 1 saturated carbocycles. The van der Waals surface area contributed by atoms with E-state index < -0.39 is 11.4 Å². The number of hydrogen-bond acceptors (Lipinski definition) is 3. The number of nitrogens with one attached hydrogen (secondary N) is 2. The van der Waals surface area contributed by atoms with Gasteiger partial charge in [-0.25, -0.2) is 0 Å². The van der Waals surface area contributed by atoms with Crippen LogP contribution in [0, 0.1) is 11.3 Å². The third-order valence-corrected chi connectivity index (χ3v) is 4.12. The maximum Gasteiger partial charge on any atom is 0.311 e. The molecule has 0 radical (unpaired) electrons. The topological polar surface area (TPSA) is 78.4 Å². The van der Waals surface area contributed by atoms with Gasteiger partial charge in [-0.2, -0.15) is 0 Å². The summed E-state index contributed by atoms with van der Waals surface area (Å²) in [6.07, 6.45) is 2.81. The van der Waals surface area contributed by atoms with E-state index in [0.29, 0.717) is 18.8 Å². The van der Waals surface area contributed by atoms with Gasteiger partial charge in [0.15, 0.2) is 0 Å². The van der Waals surface area contributed by atoms with Crippen molar-refractivity contribution in [3.63, 3.8) is 0 Å². The molecule has 5 heteroatoms. The molecule has 1 amide bonds. The molecule has 2 rings (SSSR count). The maximum absolute atomic E-state index is 11.8. The van der Waals surface area contributed by atoms with E-state index in [-0.39, 0.29) is 11.9 Å². The number of carbonyl (C=O) groups is 2. The summed E-state index contributed by atoms with van der Waals surface area (Å²) in [5, 5.41) is 15.3. The lowest BCUT2D eigenvalue weighted by Gasteiger charge is -2.30. The Kier molecular flexibility index (Phi) is 3.38. The summed E-state index contributed by atoms with van der Waals surface area (Å²) in [5.74, 6) is -0.381. The van der Waals surface area contributed by atoms with E-state index in [1.54, 1.807) is 6.92 Å². The van der Waals surface area contributed by atoms with E-state index in [9.17, 15) is 14.7 Å². The molecule has 1 aliphatic carbocycles. The summed E-state index contributed by atoms with van der Waals surface area (Å²) in [4.78, 5) is 23.0. The van der Waals surface area contributed by atoms with Crippen LogP contribution in [0.4, 0.5) is 0 Å². The number of carboxylic acids is 1. The number of rotatable bonds is 4. The van der Waals surface area contributed by atoms with Crippen LogP contribution in [-0.2, 0) is 9.59 Å². The standard InChI is InChI=1S/C12H20N2O3/c1-12(11(16)17)4-2-3-9(12)14-10(15)5-8-6-13-7-8/h8-9,13H,2-7H2,1H3,(H,14,15)(H,16,17). The average molecular weight is 240 g/mol. The van der Waals surface area contributed by atoms with Crippen molar-refractivity contribution in [2.24, 2.45) is 11.3 Å². The molecule has 2 unspecified atom stereocenters. The molecule has 2 atom stereocenters. The highest BCUT2D eigenvalue weighted by Crippen LogP contribution is 2.38. The molecule has 1 saturated heterocycles. The molecule has 0 spiro atoms. The van der Waals surface area contributed by atoms with Crippen LogP contribution in [0.1, 0.15) is 32.6 Å². The van der Waals surface area contributed by atoms with Crippen molar-refractivity contribution in [1.29, 1.82) is 0 Å². The highest BCUT2D eigenvalue weighted by Gasteiger charge is 2.45. The lowest BCUT2D eigenvalue weighted by molar-refractivity contribution is -0.149. The first kappa shape index (κ1) is 12.4. The summed E-state index contributed by atoms with van der Waals surface area (Å²) in [7, 11) is 0. The molecule has 3 N–H and O–H groups in total. The molecule has 0 aromatic rings. The van der Waals surface area contributed by atoms with Gasteiger partial charge in [0.2, 0.25) is 5.91 Å². The summed E-state index contributed by atoms with van der Waals surface area (Å²) in [6.45, 7) is 3.53. The zero-order valence-electron chi connectivity index (χ0n) is 10.2. The molecule has 2 fully saturated rings. The van der Waals surface area contributed by atoms with Gasteiger partial charge in [-0.3, -0.25) is 9.59 Å². The van der Waals surface area contributed by atoms with Gasteiger partial charge in [0, 0.05) is 12.5 Å². The quantitative estimate of drug-likeness (QED) is 0.663. The Morgan fingerprint density at radius 3 is 2.71 bits per heavy atom. The van der Waals surface area contributed by atoms with Crippen LogP contribution >= 0.6 is 0 Å². The number of carbonyl (C=O) groups excluding carboxylic acids is 1. The normalized spacial score (nSPS) is 33.1. The molecular weight excluding hydrogens is 220 g/mol. The molecule has 0 bridgehead atoms. The van der Waals surface area contributed by atoms with Gasteiger partial charge in [-0.15, -0.1) is 0 Å². The van der Waals surface area contributed by atoms with Crippen LogP contribution in [0.3, 0.4) is 0 Å². The Balaban J connectivity index is 1.88. The average Bonchev–Trinajstić information content (AvgIpc) is 2.56. The van der Waals surface area contributed by atoms with Crippen LogP contribution in [0.5, 0.6) is 0 Å². The van der Waals surface area contributed by atoms with Crippen LogP contribution in [0.15, 0.2) is 0 Å². The Labute approximate surface area is 101 Å². The molecule has 17 heavy (non-hydrogen) atoms.